The lowest BCUT2D eigenvalue weighted by molar-refractivity contribution is 0.0752. The highest BCUT2D eigenvalue weighted by molar-refractivity contribution is 7.90. The highest BCUT2D eigenvalue weighted by Gasteiger charge is 2.23. The van der Waals surface area contributed by atoms with Gasteiger partial charge in [0.25, 0.3) is 5.91 Å². The molecule has 7 heteroatoms. The SMILES string of the molecule is Cc1ccc(-c2nc(C(=O)N(C)C(C)CS(C)(=O)=O)cs2)c(C)c1. The molecule has 5 nitrogen and oxygen atoms in total. The van der Waals surface area contributed by atoms with Crippen LogP contribution in [0.3, 0.4) is 0 Å². The topological polar surface area (TPSA) is 67.3 Å². The minimum absolute atomic E-state index is 0.0662. The number of amides is 1. The molecule has 0 N–H and O–H groups in total. The van der Waals surface area contributed by atoms with Crippen LogP contribution in [0.25, 0.3) is 10.6 Å². The van der Waals surface area contributed by atoms with Crippen LogP contribution in [0.5, 0.6) is 0 Å². The Bertz CT molecular complexity index is 856. The molecule has 0 bridgehead atoms. The molecule has 1 aromatic carbocycles. The van der Waals surface area contributed by atoms with Crippen molar-refractivity contribution >= 4 is 27.1 Å². The first kappa shape index (κ1) is 18.6. The molecule has 0 aliphatic rings. The van der Waals surface area contributed by atoms with Gasteiger partial charge in [-0.2, -0.15) is 0 Å². The molecule has 1 unspecified atom stereocenters. The zero-order valence-electron chi connectivity index (χ0n) is 14.5. The van der Waals surface area contributed by atoms with E-state index < -0.39 is 15.9 Å². The first-order chi connectivity index (χ1) is 11.1. The van der Waals surface area contributed by atoms with Gasteiger partial charge < -0.3 is 4.90 Å². The van der Waals surface area contributed by atoms with Crippen LogP contribution in [0.15, 0.2) is 23.6 Å². The minimum Gasteiger partial charge on any atom is -0.337 e. The molecule has 1 amide bonds. The number of hydrogen-bond donors (Lipinski definition) is 0. The molecule has 1 atom stereocenters. The van der Waals surface area contributed by atoms with E-state index in [4.69, 9.17) is 0 Å². The van der Waals surface area contributed by atoms with Gasteiger partial charge in [0.2, 0.25) is 0 Å². The second-order valence-electron chi connectivity index (χ2n) is 6.21. The van der Waals surface area contributed by atoms with Crippen LogP contribution >= 0.6 is 11.3 Å². The summed E-state index contributed by atoms with van der Waals surface area (Å²) in [6, 6.07) is 5.71. The maximum atomic E-state index is 12.5. The maximum absolute atomic E-state index is 12.5. The number of rotatable bonds is 5. The van der Waals surface area contributed by atoms with E-state index in [0.29, 0.717) is 5.69 Å². The molecule has 2 rings (SSSR count). The predicted octanol–water partition coefficient (Wildman–Crippen LogP) is 2.93. The number of benzene rings is 1. The summed E-state index contributed by atoms with van der Waals surface area (Å²) in [4.78, 5) is 18.4. The molecule has 0 aliphatic heterocycles. The average molecular weight is 367 g/mol. The molecule has 24 heavy (non-hydrogen) atoms. The fourth-order valence-corrected chi connectivity index (χ4v) is 4.46. The standard InChI is InChI=1S/C17H22N2O3S2/c1-11-6-7-14(12(2)8-11)16-18-15(9-23-16)17(20)19(4)13(3)10-24(5,21)22/h6-9,13H,10H2,1-5H3. The Hall–Kier alpha value is -1.73. The van der Waals surface area contributed by atoms with Gasteiger partial charge in [0.05, 0.1) is 5.75 Å². The Kier molecular flexibility index (Phi) is 5.45. The van der Waals surface area contributed by atoms with E-state index in [1.807, 2.05) is 26.0 Å². The summed E-state index contributed by atoms with van der Waals surface area (Å²) < 4.78 is 22.8. The summed E-state index contributed by atoms with van der Waals surface area (Å²) in [5.74, 6) is -0.332. The third-order valence-corrected chi connectivity index (χ3v) is 5.82. The Balaban J connectivity index is 2.22. The molecule has 0 saturated heterocycles. The summed E-state index contributed by atoms with van der Waals surface area (Å²) in [7, 11) is -1.54. The monoisotopic (exact) mass is 366 g/mol. The van der Waals surface area contributed by atoms with Gasteiger partial charge in [-0.3, -0.25) is 4.79 Å². The van der Waals surface area contributed by atoms with Crippen molar-refractivity contribution in [3.63, 3.8) is 0 Å². The lowest BCUT2D eigenvalue weighted by Gasteiger charge is -2.23. The first-order valence-electron chi connectivity index (χ1n) is 7.56. The first-order valence-corrected chi connectivity index (χ1v) is 10.5. The van der Waals surface area contributed by atoms with Crippen molar-refractivity contribution in [1.29, 1.82) is 0 Å². The molecule has 0 spiro atoms. The van der Waals surface area contributed by atoms with Crippen LogP contribution in [-0.4, -0.2) is 49.3 Å². The molecular weight excluding hydrogens is 344 g/mol. The van der Waals surface area contributed by atoms with Gasteiger partial charge in [-0.05, 0) is 26.3 Å². The average Bonchev–Trinajstić information content (AvgIpc) is 2.93. The Morgan fingerprint density at radius 2 is 2.00 bits per heavy atom. The lowest BCUT2D eigenvalue weighted by Crippen LogP contribution is -2.39. The minimum atomic E-state index is -3.14. The highest BCUT2D eigenvalue weighted by Crippen LogP contribution is 2.28. The number of sulfone groups is 1. The molecule has 2 aromatic rings. The van der Waals surface area contributed by atoms with Gasteiger partial charge in [-0.25, -0.2) is 13.4 Å². The largest absolute Gasteiger partial charge is 0.337 e. The Morgan fingerprint density at radius 3 is 2.58 bits per heavy atom. The Morgan fingerprint density at radius 1 is 1.33 bits per heavy atom. The van der Waals surface area contributed by atoms with Crippen molar-refractivity contribution in [2.45, 2.75) is 26.8 Å². The fourth-order valence-electron chi connectivity index (χ4n) is 2.48. The Labute approximate surface area is 147 Å². The number of aryl methyl sites for hydroxylation is 2. The van der Waals surface area contributed by atoms with Gasteiger partial charge in [-0.15, -0.1) is 11.3 Å². The summed E-state index contributed by atoms with van der Waals surface area (Å²) in [5.41, 5.74) is 3.65. The summed E-state index contributed by atoms with van der Waals surface area (Å²) in [6.07, 6.45) is 1.17. The van der Waals surface area contributed by atoms with Crippen molar-refractivity contribution in [2.75, 3.05) is 19.1 Å². The molecular formula is C17H22N2O3S2. The van der Waals surface area contributed by atoms with E-state index in [2.05, 4.69) is 11.1 Å². The fraction of sp³-hybridized carbons (Fsp3) is 0.412. The van der Waals surface area contributed by atoms with Crippen LogP contribution in [0, 0.1) is 13.8 Å². The van der Waals surface area contributed by atoms with E-state index in [1.54, 1.807) is 19.4 Å². The number of thiazole rings is 1. The second kappa shape index (κ2) is 7.03. The maximum Gasteiger partial charge on any atom is 0.273 e. The van der Waals surface area contributed by atoms with Crippen LogP contribution < -0.4 is 0 Å². The van der Waals surface area contributed by atoms with Crippen LogP contribution in [0.4, 0.5) is 0 Å². The van der Waals surface area contributed by atoms with Crippen molar-refractivity contribution in [3.8, 4) is 10.6 Å². The van der Waals surface area contributed by atoms with E-state index in [0.717, 1.165) is 16.1 Å². The molecule has 0 aliphatic carbocycles. The molecule has 0 saturated carbocycles. The molecule has 0 radical (unpaired) electrons. The van der Waals surface area contributed by atoms with Crippen molar-refractivity contribution in [3.05, 3.63) is 40.4 Å². The third-order valence-electron chi connectivity index (χ3n) is 3.86. The number of carbonyl (C=O) groups is 1. The van der Waals surface area contributed by atoms with E-state index in [-0.39, 0.29) is 11.7 Å². The van der Waals surface area contributed by atoms with Crippen LogP contribution in [-0.2, 0) is 9.84 Å². The van der Waals surface area contributed by atoms with E-state index in [1.165, 1.54) is 28.1 Å². The molecule has 130 valence electrons. The second-order valence-corrected chi connectivity index (χ2v) is 9.26. The van der Waals surface area contributed by atoms with Crippen molar-refractivity contribution in [1.82, 2.24) is 9.88 Å². The highest BCUT2D eigenvalue weighted by atomic mass is 32.2. The summed E-state index contributed by atoms with van der Waals surface area (Å²) in [5, 5.41) is 2.51. The number of hydrogen-bond acceptors (Lipinski definition) is 5. The molecule has 1 heterocycles. The summed E-state index contributed by atoms with van der Waals surface area (Å²) in [6.45, 7) is 5.77. The van der Waals surface area contributed by atoms with Gasteiger partial charge in [0.1, 0.15) is 20.5 Å². The van der Waals surface area contributed by atoms with E-state index in [9.17, 15) is 13.2 Å². The zero-order valence-corrected chi connectivity index (χ0v) is 16.2. The van der Waals surface area contributed by atoms with Gasteiger partial charge in [-0.1, -0.05) is 23.8 Å². The van der Waals surface area contributed by atoms with Crippen molar-refractivity contribution < 1.29 is 13.2 Å². The number of nitrogens with zero attached hydrogens (tertiary/aromatic N) is 2. The van der Waals surface area contributed by atoms with Crippen LogP contribution in [0.1, 0.15) is 28.5 Å². The van der Waals surface area contributed by atoms with Gasteiger partial charge in [0, 0.05) is 30.3 Å². The number of carbonyl (C=O) groups excluding carboxylic acids is 1. The normalized spacial score (nSPS) is 12.9. The van der Waals surface area contributed by atoms with Crippen LogP contribution in [0.2, 0.25) is 0 Å². The smallest absolute Gasteiger partial charge is 0.273 e. The zero-order chi connectivity index (χ0) is 18.1. The predicted molar refractivity (Wildman–Crippen MR) is 98.3 cm³/mol. The molecule has 1 aromatic heterocycles. The van der Waals surface area contributed by atoms with Gasteiger partial charge >= 0.3 is 0 Å². The molecule has 0 fully saturated rings. The quantitative estimate of drug-likeness (QED) is 0.816. The summed E-state index contributed by atoms with van der Waals surface area (Å²) >= 11 is 1.42. The number of aromatic nitrogens is 1. The van der Waals surface area contributed by atoms with Crippen molar-refractivity contribution in [2.24, 2.45) is 0 Å². The lowest BCUT2D eigenvalue weighted by atomic mass is 10.1. The van der Waals surface area contributed by atoms with Gasteiger partial charge in [0.15, 0.2) is 0 Å². The van der Waals surface area contributed by atoms with E-state index >= 15 is 0 Å². The third kappa shape index (κ3) is 4.42.